The van der Waals surface area contributed by atoms with Gasteiger partial charge in [0.2, 0.25) is 0 Å². The molecular weight excluding hydrogens is 455 g/mol. The molecule has 0 spiro atoms. The van der Waals surface area contributed by atoms with Gasteiger partial charge in [-0.3, -0.25) is 14.6 Å². The molecule has 0 saturated heterocycles. The number of nitrogens with zero attached hydrogens (tertiary/aromatic N) is 2. The lowest BCUT2D eigenvalue weighted by molar-refractivity contribution is 0.0728. The summed E-state index contributed by atoms with van der Waals surface area (Å²) in [5.41, 5.74) is 2.36. The Balaban J connectivity index is 1.68. The molecule has 0 aliphatic carbocycles. The van der Waals surface area contributed by atoms with E-state index in [1.807, 2.05) is 37.3 Å². The predicted octanol–water partition coefficient (Wildman–Crippen LogP) is 4.50. The van der Waals surface area contributed by atoms with E-state index < -0.39 is 21.7 Å². The van der Waals surface area contributed by atoms with E-state index in [-0.39, 0.29) is 29.2 Å². The second-order valence-corrected chi connectivity index (χ2v) is 9.52. The number of halogens is 1. The molecule has 0 fully saturated rings. The van der Waals surface area contributed by atoms with Crippen LogP contribution in [0.5, 0.6) is 0 Å². The molecule has 2 N–H and O–H groups in total. The lowest BCUT2D eigenvalue weighted by atomic mass is 10.1. The topological polar surface area (TPSA) is 95.2 Å². The van der Waals surface area contributed by atoms with Crippen LogP contribution in [0, 0.1) is 12.7 Å². The Morgan fingerprint density at radius 3 is 2.41 bits per heavy atom. The van der Waals surface area contributed by atoms with Crippen molar-refractivity contribution in [2.24, 2.45) is 0 Å². The van der Waals surface area contributed by atoms with E-state index in [4.69, 9.17) is 0 Å². The summed E-state index contributed by atoms with van der Waals surface area (Å²) in [5, 5.41) is 6.74. The fraction of sp³-hybridized carbons (Fsp3) is 0.120. The zero-order valence-electron chi connectivity index (χ0n) is 18.4. The van der Waals surface area contributed by atoms with Gasteiger partial charge in [-0.05, 0) is 48.9 Å². The second kappa shape index (κ2) is 9.88. The number of aromatic nitrogens is 2. The number of carbonyl (C=O) groups excluding carboxylic acids is 1. The van der Waals surface area contributed by atoms with Gasteiger partial charge in [-0.1, -0.05) is 48.0 Å². The number of nitrogens with one attached hydrogen (secondary N) is 2. The van der Waals surface area contributed by atoms with Crippen LogP contribution in [0.15, 0.2) is 90.0 Å². The lowest BCUT2D eigenvalue weighted by Crippen LogP contribution is -2.31. The highest BCUT2D eigenvalue weighted by atomic mass is 32.2. The molecular formula is C25H23FN4O3S. The molecule has 1 aromatic heterocycles. The number of anilines is 1. The van der Waals surface area contributed by atoms with E-state index in [1.54, 1.807) is 24.4 Å². The van der Waals surface area contributed by atoms with Gasteiger partial charge in [0.05, 0.1) is 28.4 Å². The fourth-order valence-corrected chi connectivity index (χ4v) is 4.54. The molecule has 174 valence electrons. The Kier molecular flexibility index (Phi) is 6.74. The minimum absolute atomic E-state index is 0.00496. The van der Waals surface area contributed by atoms with E-state index in [0.29, 0.717) is 5.69 Å². The lowest BCUT2D eigenvalue weighted by Gasteiger charge is -2.24. The number of aryl methyl sites for hydroxylation is 1. The van der Waals surface area contributed by atoms with Crippen molar-refractivity contribution >= 4 is 21.6 Å². The van der Waals surface area contributed by atoms with Gasteiger partial charge < -0.3 is 4.90 Å². The molecule has 7 nitrogen and oxygen atoms in total. The maximum atomic E-state index is 14.2. The van der Waals surface area contributed by atoms with Crippen LogP contribution in [0.1, 0.15) is 27.2 Å². The summed E-state index contributed by atoms with van der Waals surface area (Å²) in [6.45, 7) is 2.26. The van der Waals surface area contributed by atoms with Crippen molar-refractivity contribution in [2.75, 3.05) is 4.72 Å². The Hall–Kier alpha value is -3.98. The quantitative estimate of drug-likeness (QED) is 0.390. The Morgan fingerprint density at radius 2 is 1.74 bits per heavy atom. The minimum Gasteiger partial charge on any atom is -0.328 e. The molecule has 0 bridgehead atoms. The summed E-state index contributed by atoms with van der Waals surface area (Å²) >= 11 is 0. The molecule has 1 heterocycles. The molecule has 0 aliphatic heterocycles. The summed E-state index contributed by atoms with van der Waals surface area (Å²) in [5.74, 6) is -1.18. The van der Waals surface area contributed by atoms with E-state index in [2.05, 4.69) is 14.9 Å². The van der Waals surface area contributed by atoms with E-state index in [1.165, 1.54) is 23.1 Å². The Labute approximate surface area is 197 Å². The molecule has 0 radical (unpaired) electrons. The van der Waals surface area contributed by atoms with Crippen molar-refractivity contribution in [2.45, 2.75) is 24.9 Å². The average molecular weight is 479 g/mol. The molecule has 34 heavy (non-hydrogen) atoms. The first-order chi connectivity index (χ1) is 16.3. The SMILES string of the molecule is Cc1ccc(S(=O)(=O)Nc2ccc(F)cc2C(=O)N(Cc2ccccc2)Cc2ccn[nH]2)cc1. The Bertz CT molecular complexity index is 1370. The summed E-state index contributed by atoms with van der Waals surface area (Å²) in [6, 6.07) is 20.8. The smallest absolute Gasteiger partial charge is 0.261 e. The van der Waals surface area contributed by atoms with Crippen LogP contribution in [0.25, 0.3) is 0 Å². The van der Waals surface area contributed by atoms with Gasteiger partial charge >= 0.3 is 0 Å². The summed E-state index contributed by atoms with van der Waals surface area (Å²) < 4.78 is 42.6. The third-order valence-corrected chi connectivity index (χ3v) is 6.59. The van der Waals surface area contributed by atoms with Crippen LogP contribution in [0.2, 0.25) is 0 Å². The highest BCUT2D eigenvalue weighted by Crippen LogP contribution is 2.24. The number of aromatic amines is 1. The predicted molar refractivity (Wildman–Crippen MR) is 127 cm³/mol. The molecule has 0 aliphatic rings. The summed E-state index contributed by atoms with van der Waals surface area (Å²) in [4.78, 5) is 15.1. The zero-order valence-corrected chi connectivity index (χ0v) is 19.2. The van der Waals surface area contributed by atoms with E-state index >= 15 is 0 Å². The van der Waals surface area contributed by atoms with Gasteiger partial charge in [-0.15, -0.1) is 0 Å². The Morgan fingerprint density at radius 1 is 1.00 bits per heavy atom. The average Bonchev–Trinajstić information content (AvgIpc) is 3.33. The van der Waals surface area contributed by atoms with Crippen molar-refractivity contribution in [3.8, 4) is 0 Å². The molecule has 0 saturated carbocycles. The number of rotatable bonds is 8. The molecule has 1 amide bonds. The van der Waals surface area contributed by atoms with Crippen LogP contribution < -0.4 is 4.72 Å². The fourth-order valence-electron chi connectivity index (χ4n) is 3.46. The maximum Gasteiger partial charge on any atom is 0.261 e. The van der Waals surface area contributed by atoms with Gasteiger partial charge in [-0.25, -0.2) is 12.8 Å². The first-order valence-electron chi connectivity index (χ1n) is 10.5. The molecule has 0 unspecified atom stereocenters. The number of benzene rings is 3. The molecule has 3 aromatic carbocycles. The maximum absolute atomic E-state index is 14.2. The normalized spacial score (nSPS) is 11.2. The van der Waals surface area contributed by atoms with Crippen LogP contribution in [-0.4, -0.2) is 29.4 Å². The zero-order chi connectivity index (χ0) is 24.1. The third-order valence-electron chi connectivity index (χ3n) is 5.21. The van der Waals surface area contributed by atoms with Crippen molar-refractivity contribution < 1.29 is 17.6 Å². The van der Waals surface area contributed by atoms with Crippen LogP contribution in [-0.2, 0) is 23.1 Å². The monoisotopic (exact) mass is 478 g/mol. The summed E-state index contributed by atoms with van der Waals surface area (Å²) in [6.07, 6.45) is 1.57. The largest absolute Gasteiger partial charge is 0.328 e. The highest BCUT2D eigenvalue weighted by Gasteiger charge is 2.24. The third kappa shape index (κ3) is 5.49. The number of hydrogen-bond donors (Lipinski definition) is 2. The van der Waals surface area contributed by atoms with Crippen molar-refractivity contribution in [1.82, 2.24) is 15.1 Å². The second-order valence-electron chi connectivity index (χ2n) is 7.84. The van der Waals surface area contributed by atoms with Gasteiger partial charge in [0.25, 0.3) is 15.9 Å². The number of sulfonamides is 1. The summed E-state index contributed by atoms with van der Waals surface area (Å²) in [7, 11) is -3.99. The minimum atomic E-state index is -3.99. The van der Waals surface area contributed by atoms with Crippen LogP contribution in [0.4, 0.5) is 10.1 Å². The van der Waals surface area contributed by atoms with Gasteiger partial charge in [-0.2, -0.15) is 5.10 Å². The standard InChI is InChI=1S/C25H23FN4O3S/c1-18-7-10-22(11-8-18)34(32,33)29-24-12-9-20(26)15-23(24)25(31)30(17-21-13-14-27-28-21)16-19-5-3-2-4-6-19/h2-15,29H,16-17H2,1H3,(H,27,28). The van der Waals surface area contributed by atoms with Crippen LogP contribution >= 0.6 is 0 Å². The van der Waals surface area contributed by atoms with Crippen molar-refractivity contribution in [1.29, 1.82) is 0 Å². The van der Waals surface area contributed by atoms with E-state index in [9.17, 15) is 17.6 Å². The first kappa shape index (κ1) is 23.2. The van der Waals surface area contributed by atoms with Gasteiger partial charge in [0.15, 0.2) is 0 Å². The van der Waals surface area contributed by atoms with Gasteiger partial charge in [0, 0.05) is 12.7 Å². The molecule has 9 heteroatoms. The number of amides is 1. The number of carbonyl (C=O) groups is 1. The molecule has 4 aromatic rings. The molecule has 4 rings (SSSR count). The van der Waals surface area contributed by atoms with E-state index in [0.717, 1.165) is 23.3 Å². The van der Waals surface area contributed by atoms with Crippen molar-refractivity contribution in [3.05, 3.63) is 113 Å². The number of hydrogen-bond acceptors (Lipinski definition) is 4. The number of H-pyrrole nitrogens is 1. The molecule has 0 atom stereocenters. The highest BCUT2D eigenvalue weighted by molar-refractivity contribution is 7.92. The first-order valence-corrected chi connectivity index (χ1v) is 12.0. The van der Waals surface area contributed by atoms with Crippen molar-refractivity contribution in [3.63, 3.8) is 0 Å². The van der Waals surface area contributed by atoms with Gasteiger partial charge in [0.1, 0.15) is 5.82 Å². The van der Waals surface area contributed by atoms with Crippen LogP contribution in [0.3, 0.4) is 0 Å².